The van der Waals surface area contributed by atoms with Crippen LogP contribution in [0.25, 0.3) is 0 Å². The summed E-state index contributed by atoms with van der Waals surface area (Å²) in [5.41, 5.74) is 3.28. The van der Waals surface area contributed by atoms with Crippen LogP contribution in [-0.4, -0.2) is 38.0 Å². The van der Waals surface area contributed by atoms with Crippen LogP contribution < -0.4 is 0 Å². The Morgan fingerprint density at radius 2 is 0.906 bits per heavy atom. The first-order valence-corrected chi connectivity index (χ1v) is 12.8. The molecule has 4 rings (SSSR count). The third-order valence-corrected chi connectivity index (χ3v) is 7.40. The second kappa shape index (κ2) is 9.90. The molecule has 0 spiro atoms. The molecule has 2 saturated heterocycles. The van der Waals surface area contributed by atoms with E-state index in [4.69, 9.17) is 18.9 Å². The van der Waals surface area contributed by atoms with Crippen molar-refractivity contribution in [2.45, 2.75) is 105 Å². The molecule has 184 valence electrons. The average molecular weight is 449 g/mol. The lowest BCUT2D eigenvalue weighted by Gasteiger charge is -2.41. The van der Waals surface area contributed by atoms with E-state index in [1.54, 1.807) is 0 Å². The summed E-state index contributed by atoms with van der Waals surface area (Å²) in [7, 11) is 0. The van der Waals surface area contributed by atoms with Crippen molar-refractivity contribution in [3.05, 3.63) is 23.3 Å². The standard InChI is InChI=1S/2C14H24O2/c2*1-11-9-15-14(4,16-10-11)12-6-5-7-13(2,3)8-12/h2*8,11H,5-7,9-10H2,1-4H3. The zero-order valence-electron chi connectivity index (χ0n) is 22.0. The van der Waals surface area contributed by atoms with E-state index in [1.165, 1.54) is 36.8 Å². The highest BCUT2D eigenvalue weighted by Crippen LogP contribution is 2.41. The van der Waals surface area contributed by atoms with E-state index in [1.807, 2.05) is 0 Å². The third-order valence-electron chi connectivity index (χ3n) is 7.40. The molecule has 2 fully saturated rings. The maximum atomic E-state index is 5.92. The fraction of sp³-hybridized carbons (Fsp3) is 0.857. The zero-order valence-corrected chi connectivity index (χ0v) is 22.0. The highest BCUT2D eigenvalue weighted by Gasteiger charge is 2.39. The van der Waals surface area contributed by atoms with Gasteiger partial charge in [0.2, 0.25) is 0 Å². The number of hydrogen-bond acceptors (Lipinski definition) is 4. The number of hydrogen-bond donors (Lipinski definition) is 0. The van der Waals surface area contributed by atoms with Crippen molar-refractivity contribution >= 4 is 0 Å². The van der Waals surface area contributed by atoms with E-state index in [9.17, 15) is 0 Å². The molecule has 0 aromatic carbocycles. The van der Waals surface area contributed by atoms with E-state index in [2.05, 4.69) is 67.5 Å². The predicted octanol–water partition coefficient (Wildman–Crippen LogP) is 7.04. The highest BCUT2D eigenvalue weighted by atomic mass is 16.7. The SMILES string of the molecule is CC1COC(C)(C2=CC(C)(C)CCC2)OC1.CC1COC(C)(C2=CC(C)(C)CCC2)OC1. The molecule has 0 aromatic heterocycles. The molecule has 0 N–H and O–H groups in total. The highest BCUT2D eigenvalue weighted by molar-refractivity contribution is 5.20. The van der Waals surface area contributed by atoms with Gasteiger partial charge in [-0.25, -0.2) is 0 Å². The van der Waals surface area contributed by atoms with Gasteiger partial charge in [0.05, 0.1) is 26.4 Å². The zero-order chi connectivity index (χ0) is 23.6. The Labute approximate surface area is 197 Å². The fourth-order valence-electron chi connectivity index (χ4n) is 5.17. The van der Waals surface area contributed by atoms with Gasteiger partial charge in [0.15, 0.2) is 11.6 Å². The van der Waals surface area contributed by atoms with Crippen LogP contribution in [0.4, 0.5) is 0 Å². The van der Waals surface area contributed by atoms with Gasteiger partial charge >= 0.3 is 0 Å². The molecule has 4 heteroatoms. The van der Waals surface area contributed by atoms with Crippen LogP contribution in [0, 0.1) is 22.7 Å². The minimum atomic E-state index is -0.454. The van der Waals surface area contributed by atoms with Crippen molar-refractivity contribution in [2.24, 2.45) is 22.7 Å². The lowest BCUT2D eigenvalue weighted by molar-refractivity contribution is -0.250. The van der Waals surface area contributed by atoms with Crippen molar-refractivity contribution in [3.63, 3.8) is 0 Å². The Bertz CT molecular complexity index is 626. The number of ether oxygens (including phenoxy) is 4. The van der Waals surface area contributed by atoms with Gasteiger partial charge in [0, 0.05) is 11.8 Å². The van der Waals surface area contributed by atoms with E-state index < -0.39 is 11.6 Å². The van der Waals surface area contributed by atoms with Gasteiger partial charge in [-0.15, -0.1) is 0 Å². The Hall–Kier alpha value is -0.680. The summed E-state index contributed by atoms with van der Waals surface area (Å²) in [6, 6.07) is 0. The van der Waals surface area contributed by atoms with Crippen LogP contribution in [0.15, 0.2) is 23.3 Å². The van der Waals surface area contributed by atoms with Gasteiger partial charge in [-0.1, -0.05) is 53.7 Å². The monoisotopic (exact) mass is 448 g/mol. The van der Waals surface area contributed by atoms with Crippen molar-refractivity contribution in [2.75, 3.05) is 26.4 Å². The van der Waals surface area contributed by atoms with Crippen molar-refractivity contribution < 1.29 is 18.9 Å². The predicted molar refractivity (Wildman–Crippen MR) is 130 cm³/mol. The normalized spacial score (nSPS) is 39.2. The maximum absolute atomic E-state index is 5.92. The molecule has 0 radical (unpaired) electrons. The van der Waals surface area contributed by atoms with Crippen LogP contribution in [0.1, 0.15) is 93.9 Å². The van der Waals surface area contributed by atoms with Crippen LogP contribution in [0.3, 0.4) is 0 Å². The molecule has 0 unspecified atom stereocenters. The molecule has 0 aromatic rings. The quantitative estimate of drug-likeness (QED) is 0.424. The van der Waals surface area contributed by atoms with Crippen molar-refractivity contribution in [1.29, 1.82) is 0 Å². The topological polar surface area (TPSA) is 36.9 Å². The minimum absolute atomic E-state index is 0.298. The lowest BCUT2D eigenvalue weighted by Crippen LogP contribution is -2.43. The summed E-state index contributed by atoms with van der Waals surface area (Å²) < 4.78 is 23.7. The van der Waals surface area contributed by atoms with Crippen molar-refractivity contribution in [3.8, 4) is 0 Å². The molecule has 2 aliphatic heterocycles. The number of allylic oxidation sites excluding steroid dienone is 2. The van der Waals surface area contributed by atoms with Crippen molar-refractivity contribution in [1.82, 2.24) is 0 Å². The summed E-state index contributed by atoms with van der Waals surface area (Å²) in [5, 5.41) is 0. The molecule has 32 heavy (non-hydrogen) atoms. The fourth-order valence-corrected chi connectivity index (χ4v) is 5.17. The molecule has 0 saturated carbocycles. The van der Waals surface area contributed by atoms with Gasteiger partial charge < -0.3 is 18.9 Å². The second-order valence-corrected chi connectivity index (χ2v) is 12.4. The van der Waals surface area contributed by atoms with Gasteiger partial charge in [-0.2, -0.15) is 0 Å². The first-order valence-electron chi connectivity index (χ1n) is 12.8. The minimum Gasteiger partial charge on any atom is -0.346 e. The maximum Gasteiger partial charge on any atom is 0.187 e. The second-order valence-electron chi connectivity index (χ2n) is 12.4. The van der Waals surface area contributed by atoms with Gasteiger partial charge in [-0.3, -0.25) is 0 Å². The van der Waals surface area contributed by atoms with E-state index >= 15 is 0 Å². The molecular weight excluding hydrogens is 400 g/mol. The van der Waals surface area contributed by atoms with Crippen LogP contribution in [0.5, 0.6) is 0 Å². The smallest absolute Gasteiger partial charge is 0.187 e. The summed E-state index contributed by atoms with van der Waals surface area (Å²) in [6.45, 7) is 20.9. The Morgan fingerprint density at radius 3 is 1.19 bits per heavy atom. The Morgan fingerprint density at radius 1 is 0.594 bits per heavy atom. The molecule has 0 bridgehead atoms. The van der Waals surface area contributed by atoms with Crippen LogP contribution in [0.2, 0.25) is 0 Å². The summed E-state index contributed by atoms with van der Waals surface area (Å²) in [5.74, 6) is 0.129. The molecule has 2 aliphatic carbocycles. The molecule has 4 aliphatic rings. The van der Waals surface area contributed by atoms with Gasteiger partial charge in [0.1, 0.15) is 0 Å². The molecule has 4 nitrogen and oxygen atoms in total. The summed E-state index contributed by atoms with van der Waals surface area (Å²) in [4.78, 5) is 0. The van der Waals surface area contributed by atoms with E-state index in [0.29, 0.717) is 22.7 Å². The van der Waals surface area contributed by atoms with Gasteiger partial charge in [-0.05, 0) is 74.3 Å². The van der Waals surface area contributed by atoms with E-state index in [-0.39, 0.29) is 0 Å². The summed E-state index contributed by atoms with van der Waals surface area (Å²) in [6.07, 6.45) is 12.0. The molecule has 0 amide bonds. The summed E-state index contributed by atoms with van der Waals surface area (Å²) >= 11 is 0. The first-order chi connectivity index (χ1) is 14.8. The lowest BCUT2D eigenvalue weighted by atomic mass is 9.77. The third kappa shape index (κ3) is 6.68. The Balaban J connectivity index is 0.000000181. The molecule has 2 heterocycles. The van der Waals surface area contributed by atoms with Crippen LogP contribution in [-0.2, 0) is 18.9 Å². The van der Waals surface area contributed by atoms with Crippen LogP contribution >= 0.6 is 0 Å². The molecular formula is C28H48O4. The average Bonchev–Trinajstić information content (AvgIpc) is 2.72. The first kappa shape index (κ1) is 25.9. The largest absolute Gasteiger partial charge is 0.346 e. The molecule has 0 atom stereocenters. The van der Waals surface area contributed by atoms with Gasteiger partial charge in [0.25, 0.3) is 0 Å². The number of rotatable bonds is 2. The Kier molecular flexibility index (Phi) is 8.02. The van der Waals surface area contributed by atoms with E-state index in [0.717, 1.165) is 39.3 Å².